The molecular formula is C15H30N2. The van der Waals surface area contributed by atoms with Crippen molar-refractivity contribution < 1.29 is 0 Å². The first-order valence-electron chi connectivity index (χ1n) is 7.44. The third-order valence-corrected chi connectivity index (χ3v) is 5.03. The highest BCUT2D eigenvalue weighted by atomic mass is 15.1. The monoisotopic (exact) mass is 238 g/mol. The molecule has 0 amide bonds. The fourth-order valence-electron chi connectivity index (χ4n) is 3.42. The minimum absolute atomic E-state index is 0.441. The first-order valence-corrected chi connectivity index (χ1v) is 7.44. The van der Waals surface area contributed by atoms with E-state index < -0.39 is 0 Å². The molecule has 0 radical (unpaired) electrons. The van der Waals surface area contributed by atoms with Gasteiger partial charge in [-0.05, 0) is 55.9 Å². The molecule has 1 aliphatic carbocycles. The molecule has 0 aromatic carbocycles. The van der Waals surface area contributed by atoms with E-state index in [1.54, 1.807) is 0 Å². The van der Waals surface area contributed by atoms with Crippen LogP contribution in [-0.2, 0) is 0 Å². The van der Waals surface area contributed by atoms with Crippen molar-refractivity contribution in [3.8, 4) is 0 Å². The molecule has 1 saturated carbocycles. The van der Waals surface area contributed by atoms with Gasteiger partial charge in [-0.1, -0.05) is 20.8 Å². The molecule has 2 rings (SSSR count). The van der Waals surface area contributed by atoms with Gasteiger partial charge in [-0.2, -0.15) is 0 Å². The van der Waals surface area contributed by atoms with Crippen molar-refractivity contribution in [2.24, 2.45) is 23.0 Å². The fraction of sp³-hybridized carbons (Fsp3) is 1.00. The summed E-state index contributed by atoms with van der Waals surface area (Å²) in [6, 6.07) is 0.441. The second-order valence-corrected chi connectivity index (χ2v) is 7.30. The summed E-state index contributed by atoms with van der Waals surface area (Å²) in [7, 11) is 0. The van der Waals surface area contributed by atoms with E-state index in [1.165, 1.54) is 51.7 Å². The summed E-state index contributed by atoms with van der Waals surface area (Å²) >= 11 is 0. The van der Waals surface area contributed by atoms with Gasteiger partial charge in [0.2, 0.25) is 0 Å². The SMILES string of the molecule is CC1CN(CC2CCC(C)(C)CC2)CCC1N. The number of hydrogen-bond donors (Lipinski definition) is 1. The van der Waals surface area contributed by atoms with Crippen molar-refractivity contribution in [1.29, 1.82) is 0 Å². The molecule has 0 bridgehead atoms. The first kappa shape index (κ1) is 13.4. The van der Waals surface area contributed by atoms with E-state index in [-0.39, 0.29) is 0 Å². The summed E-state index contributed by atoms with van der Waals surface area (Å²) in [6.45, 7) is 10.9. The predicted molar refractivity (Wildman–Crippen MR) is 73.9 cm³/mol. The van der Waals surface area contributed by atoms with Crippen LogP contribution in [-0.4, -0.2) is 30.6 Å². The number of rotatable bonds is 2. The lowest BCUT2D eigenvalue weighted by molar-refractivity contribution is 0.107. The number of likely N-dealkylation sites (tertiary alicyclic amines) is 1. The lowest BCUT2D eigenvalue weighted by Crippen LogP contribution is -2.47. The summed E-state index contributed by atoms with van der Waals surface area (Å²) in [6.07, 6.45) is 6.90. The zero-order valence-electron chi connectivity index (χ0n) is 11.9. The minimum Gasteiger partial charge on any atom is -0.327 e. The molecule has 2 fully saturated rings. The van der Waals surface area contributed by atoms with Crippen LogP contribution in [0.2, 0.25) is 0 Å². The Bertz CT molecular complexity index is 239. The Morgan fingerprint density at radius 1 is 1.18 bits per heavy atom. The number of piperidine rings is 1. The van der Waals surface area contributed by atoms with Crippen LogP contribution < -0.4 is 5.73 Å². The topological polar surface area (TPSA) is 29.3 Å². The van der Waals surface area contributed by atoms with E-state index in [9.17, 15) is 0 Å². The van der Waals surface area contributed by atoms with Crippen molar-refractivity contribution in [3.05, 3.63) is 0 Å². The Morgan fingerprint density at radius 3 is 2.41 bits per heavy atom. The van der Waals surface area contributed by atoms with E-state index in [1.807, 2.05) is 0 Å². The van der Waals surface area contributed by atoms with Crippen LogP contribution in [0.1, 0.15) is 52.9 Å². The molecule has 2 unspecified atom stereocenters. The van der Waals surface area contributed by atoms with Gasteiger partial charge in [0, 0.05) is 19.1 Å². The van der Waals surface area contributed by atoms with Crippen LogP contribution in [0.3, 0.4) is 0 Å². The molecule has 1 heterocycles. The molecule has 2 heteroatoms. The third-order valence-electron chi connectivity index (χ3n) is 5.03. The van der Waals surface area contributed by atoms with Crippen LogP contribution in [0, 0.1) is 17.3 Å². The van der Waals surface area contributed by atoms with Crippen molar-refractivity contribution >= 4 is 0 Å². The summed E-state index contributed by atoms with van der Waals surface area (Å²) in [4.78, 5) is 2.66. The van der Waals surface area contributed by atoms with Gasteiger partial charge in [0.15, 0.2) is 0 Å². The Balaban J connectivity index is 1.75. The maximum Gasteiger partial charge on any atom is 0.00889 e. The van der Waals surface area contributed by atoms with Crippen LogP contribution in [0.15, 0.2) is 0 Å². The zero-order valence-corrected chi connectivity index (χ0v) is 11.9. The maximum absolute atomic E-state index is 6.08. The average molecular weight is 238 g/mol. The molecule has 0 aromatic heterocycles. The van der Waals surface area contributed by atoms with E-state index in [0.29, 0.717) is 17.4 Å². The van der Waals surface area contributed by atoms with Crippen molar-refractivity contribution in [2.75, 3.05) is 19.6 Å². The van der Waals surface area contributed by atoms with E-state index in [2.05, 4.69) is 25.7 Å². The lowest BCUT2D eigenvalue weighted by atomic mass is 9.73. The lowest BCUT2D eigenvalue weighted by Gasteiger charge is -2.40. The zero-order chi connectivity index (χ0) is 12.5. The molecule has 100 valence electrons. The van der Waals surface area contributed by atoms with Gasteiger partial charge in [-0.3, -0.25) is 0 Å². The predicted octanol–water partition coefficient (Wildman–Crippen LogP) is 2.87. The second kappa shape index (κ2) is 5.27. The van der Waals surface area contributed by atoms with Crippen LogP contribution in [0.25, 0.3) is 0 Å². The van der Waals surface area contributed by atoms with Gasteiger partial charge in [0.05, 0.1) is 0 Å². The minimum atomic E-state index is 0.441. The van der Waals surface area contributed by atoms with Gasteiger partial charge in [-0.25, -0.2) is 0 Å². The van der Waals surface area contributed by atoms with Gasteiger partial charge in [-0.15, -0.1) is 0 Å². The van der Waals surface area contributed by atoms with Crippen LogP contribution in [0.5, 0.6) is 0 Å². The first-order chi connectivity index (χ1) is 7.96. The highest BCUT2D eigenvalue weighted by Gasteiger charge is 2.29. The highest BCUT2D eigenvalue weighted by molar-refractivity contribution is 4.84. The van der Waals surface area contributed by atoms with Gasteiger partial charge >= 0.3 is 0 Å². The molecule has 2 N–H and O–H groups in total. The molecule has 0 aromatic rings. The van der Waals surface area contributed by atoms with Gasteiger partial charge < -0.3 is 10.6 Å². The molecule has 1 aliphatic heterocycles. The van der Waals surface area contributed by atoms with Gasteiger partial charge in [0.1, 0.15) is 0 Å². The third kappa shape index (κ3) is 3.69. The van der Waals surface area contributed by atoms with Crippen LogP contribution >= 0.6 is 0 Å². The van der Waals surface area contributed by atoms with Crippen molar-refractivity contribution in [3.63, 3.8) is 0 Å². The Hall–Kier alpha value is -0.0800. The number of hydrogen-bond acceptors (Lipinski definition) is 2. The quantitative estimate of drug-likeness (QED) is 0.801. The number of nitrogens with zero attached hydrogens (tertiary/aromatic N) is 1. The Morgan fingerprint density at radius 2 is 1.82 bits per heavy atom. The van der Waals surface area contributed by atoms with Crippen molar-refractivity contribution in [2.45, 2.75) is 58.9 Å². The van der Waals surface area contributed by atoms with Crippen molar-refractivity contribution in [1.82, 2.24) is 4.90 Å². The summed E-state index contributed by atoms with van der Waals surface area (Å²) in [5, 5.41) is 0. The Kier molecular flexibility index (Phi) is 4.14. The molecule has 0 spiro atoms. The maximum atomic E-state index is 6.08. The average Bonchev–Trinajstić information content (AvgIpc) is 2.27. The van der Waals surface area contributed by atoms with Gasteiger partial charge in [0.25, 0.3) is 0 Å². The molecule has 17 heavy (non-hydrogen) atoms. The largest absolute Gasteiger partial charge is 0.327 e. The van der Waals surface area contributed by atoms with E-state index >= 15 is 0 Å². The van der Waals surface area contributed by atoms with Crippen LogP contribution in [0.4, 0.5) is 0 Å². The molecule has 1 saturated heterocycles. The Labute approximate surface area is 107 Å². The molecule has 2 aliphatic rings. The summed E-state index contributed by atoms with van der Waals surface area (Å²) in [5.41, 5.74) is 6.69. The number of nitrogens with two attached hydrogens (primary N) is 1. The molecular weight excluding hydrogens is 208 g/mol. The normalized spacial score (nSPS) is 36.0. The fourth-order valence-corrected chi connectivity index (χ4v) is 3.42. The molecule has 2 atom stereocenters. The summed E-state index contributed by atoms with van der Waals surface area (Å²) in [5.74, 6) is 1.63. The standard InChI is InChI=1S/C15H30N2/c1-12-10-17(9-6-14(12)16)11-13-4-7-15(2,3)8-5-13/h12-14H,4-11,16H2,1-3H3. The molecule has 2 nitrogen and oxygen atoms in total. The second-order valence-electron chi connectivity index (χ2n) is 7.30. The van der Waals surface area contributed by atoms with E-state index in [0.717, 1.165) is 5.92 Å². The summed E-state index contributed by atoms with van der Waals surface area (Å²) < 4.78 is 0. The van der Waals surface area contributed by atoms with E-state index in [4.69, 9.17) is 5.73 Å². The smallest absolute Gasteiger partial charge is 0.00889 e. The highest BCUT2D eigenvalue weighted by Crippen LogP contribution is 2.38.